The zero-order chi connectivity index (χ0) is 9.97. The molecule has 0 radical (unpaired) electrons. The molecule has 0 aliphatic carbocycles. The molecule has 0 amide bonds. The monoisotopic (exact) mass is 192 g/mol. The second-order valence-electron chi connectivity index (χ2n) is 3.50. The van der Waals surface area contributed by atoms with Gasteiger partial charge in [0.2, 0.25) is 0 Å². The third-order valence-corrected chi connectivity index (χ3v) is 2.58. The predicted octanol–water partition coefficient (Wildman–Crippen LogP) is 1.71. The molecular weight excluding hydrogens is 180 g/mol. The third kappa shape index (κ3) is 1.63. The highest BCUT2D eigenvalue weighted by Crippen LogP contribution is 2.28. The van der Waals surface area contributed by atoms with Crippen molar-refractivity contribution in [3.05, 3.63) is 29.3 Å². The summed E-state index contributed by atoms with van der Waals surface area (Å²) in [6.07, 6.45) is 1.66. The topological polar surface area (TPSA) is 46.5 Å². The maximum absolute atomic E-state index is 10.6. The molecular formula is C11H12O3. The Bertz CT molecular complexity index is 340. The summed E-state index contributed by atoms with van der Waals surface area (Å²) in [5.41, 5.74) is 1.43. The van der Waals surface area contributed by atoms with Crippen LogP contribution < -0.4 is 0 Å². The number of hydrogen-bond donors (Lipinski definition) is 1. The Morgan fingerprint density at radius 2 is 2.36 bits per heavy atom. The number of ether oxygens (including phenoxy) is 1. The predicted molar refractivity (Wildman–Crippen MR) is 51.7 cm³/mol. The molecule has 1 aromatic carbocycles. The molecule has 1 aliphatic rings. The number of aldehydes is 1. The third-order valence-electron chi connectivity index (χ3n) is 2.58. The largest absolute Gasteiger partial charge is 0.507 e. The minimum Gasteiger partial charge on any atom is -0.507 e. The molecule has 3 heteroatoms. The van der Waals surface area contributed by atoms with Crippen molar-refractivity contribution in [2.45, 2.75) is 12.3 Å². The highest BCUT2D eigenvalue weighted by Gasteiger charge is 2.18. The van der Waals surface area contributed by atoms with Gasteiger partial charge in [-0.05, 0) is 24.1 Å². The Hall–Kier alpha value is -1.35. The molecule has 2 rings (SSSR count). The number of benzene rings is 1. The van der Waals surface area contributed by atoms with Gasteiger partial charge in [-0.25, -0.2) is 0 Å². The van der Waals surface area contributed by atoms with E-state index in [1.807, 2.05) is 6.07 Å². The van der Waals surface area contributed by atoms with Crippen LogP contribution >= 0.6 is 0 Å². The van der Waals surface area contributed by atoms with E-state index in [1.54, 1.807) is 12.1 Å². The average Bonchev–Trinajstić information content (AvgIpc) is 2.71. The molecule has 0 saturated carbocycles. The first kappa shape index (κ1) is 9.21. The quantitative estimate of drug-likeness (QED) is 0.725. The number of carbonyl (C=O) groups is 1. The lowest BCUT2D eigenvalue weighted by molar-refractivity contribution is 0.112. The highest BCUT2D eigenvalue weighted by atomic mass is 16.5. The molecule has 1 aromatic rings. The first-order chi connectivity index (χ1) is 6.81. The minimum atomic E-state index is 0.0441. The van der Waals surface area contributed by atoms with E-state index >= 15 is 0 Å². The van der Waals surface area contributed by atoms with E-state index in [0.717, 1.165) is 18.6 Å². The molecule has 1 atom stereocenters. The number of rotatable bonds is 2. The van der Waals surface area contributed by atoms with Crippen LogP contribution in [0, 0.1) is 0 Å². The average molecular weight is 192 g/mol. The summed E-state index contributed by atoms with van der Waals surface area (Å²) in [7, 11) is 0. The fourth-order valence-corrected chi connectivity index (χ4v) is 1.72. The van der Waals surface area contributed by atoms with Crippen LogP contribution in [-0.2, 0) is 4.74 Å². The summed E-state index contributed by atoms with van der Waals surface area (Å²) in [5.74, 6) is 0.414. The van der Waals surface area contributed by atoms with Gasteiger partial charge in [-0.15, -0.1) is 0 Å². The lowest BCUT2D eigenvalue weighted by atomic mass is 9.97. The van der Waals surface area contributed by atoms with Crippen LogP contribution in [0.5, 0.6) is 5.75 Å². The molecule has 3 nitrogen and oxygen atoms in total. The van der Waals surface area contributed by atoms with Crippen LogP contribution in [-0.4, -0.2) is 24.6 Å². The van der Waals surface area contributed by atoms with E-state index in [1.165, 1.54) is 0 Å². The van der Waals surface area contributed by atoms with E-state index < -0.39 is 0 Å². The normalized spacial score (nSPS) is 21.0. The molecule has 1 aliphatic heterocycles. The van der Waals surface area contributed by atoms with Gasteiger partial charge in [0.05, 0.1) is 12.2 Å². The molecule has 0 spiro atoms. The molecule has 1 fully saturated rings. The number of aromatic hydroxyl groups is 1. The van der Waals surface area contributed by atoms with Crippen LogP contribution in [0.15, 0.2) is 18.2 Å². The van der Waals surface area contributed by atoms with Crippen molar-refractivity contribution in [1.29, 1.82) is 0 Å². The van der Waals surface area contributed by atoms with Gasteiger partial charge in [-0.1, -0.05) is 6.07 Å². The summed E-state index contributed by atoms with van der Waals surface area (Å²) in [5, 5.41) is 9.32. The Balaban J connectivity index is 2.30. The van der Waals surface area contributed by atoms with Crippen molar-refractivity contribution >= 4 is 6.29 Å². The molecule has 74 valence electrons. The molecule has 1 unspecified atom stereocenters. The molecule has 1 saturated heterocycles. The van der Waals surface area contributed by atoms with E-state index in [2.05, 4.69) is 0 Å². The van der Waals surface area contributed by atoms with Crippen molar-refractivity contribution < 1.29 is 14.6 Å². The number of hydrogen-bond acceptors (Lipinski definition) is 3. The summed E-state index contributed by atoms with van der Waals surface area (Å²) in [6.45, 7) is 1.49. The van der Waals surface area contributed by atoms with Crippen molar-refractivity contribution in [2.24, 2.45) is 0 Å². The first-order valence-corrected chi connectivity index (χ1v) is 4.67. The van der Waals surface area contributed by atoms with Crippen LogP contribution in [0.4, 0.5) is 0 Å². The molecule has 14 heavy (non-hydrogen) atoms. The Morgan fingerprint density at radius 3 is 3.00 bits per heavy atom. The van der Waals surface area contributed by atoms with Gasteiger partial charge in [-0.2, -0.15) is 0 Å². The molecule has 1 heterocycles. The lowest BCUT2D eigenvalue weighted by Crippen LogP contribution is -1.98. The Morgan fingerprint density at radius 1 is 1.50 bits per heavy atom. The maximum Gasteiger partial charge on any atom is 0.153 e. The highest BCUT2D eigenvalue weighted by molar-refractivity contribution is 5.79. The van der Waals surface area contributed by atoms with Crippen molar-refractivity contribution in [3.8, 4) is 5.75 Å². The minimum absolute atomic E-state index is 0.0441. The molecule has 1 N–H and O–H groups in total. The van der Waals surface area contributed by atoms with Crippen LogP contribution in [0.1, 0.15) is 28.3 Å². The second kappa shape index (κ2) is 3.80. The van der Waals surface area contributed by atoms with E-state index in [-0.39, 0.29) is 5.75 Å². The van der Waals surface area contributed by atoms with Gasteiger partial charge < -0.3 is 9.84 Å². The lowest BCUT2D eigenvalue weighted by Gasteiger charge is -2.08. The van der Waals surface area contributed by atoms with E-state index in [4.69, 9.17) is 4.74 Å². The number of phenolic OH excluding ortho intramolecular Hbond substituents is 1. The maximum atomic E-state index is 10.6. The van der Waals surface area contributed by atoms with Gasteiger partial charge >= 0.3 is 0 Å². The Kier molecular flexibility index (Phi) is 2.50. The standard InChI is InChI=1S/C11H12O3/c12-6-10-5-8(1-2-11(10)13)9-3-4-14-7-9/h1-2,5-6,9,13H,3-4,7H2. The smallest absolute Gasteiger partial charge is 0.153 e. The van der Waals surface area contributed by atoms with Gasteiger partial charge in [0.25, 0.3) is 0 Å². The van der Waals surface area contributed by atoms with Crippen molar-refractivity contribution in [3.63, 3.8) is 0 Å². The van der Waals surface area contributed by atoms with E-state index in [9.17, 15) is 9.90 Å². The number of phenols is 1. The molecule has 0 aromatic heterocycles. The van der Waals surface area contributed by atoms with Crippen LogP contribution in [0.2, 0.25) is 0 Å². The van der Waals surface area contributed by atoms with Gasteiger partial charge in [0, 0.05) is 12.5 Å². The fourth-order valence-electron chi connectivity index (χ4n) is 1.72. The van der Waals surface area contributed by atoms with Crippen LogP contribution in [0.25, 0.3) is 0 Å². The van der Waals surface area contributed by atoms with Gasteiger partial charge in [0.15, 0.2) is 6.29 Å². The SMILES string of the molecule is O=Cc1cc(C2CCOC2)ccc1O. The van der Waals surface area contributed by atoms with Crippen molar-refractivity contribution in [1.82, 2.24) is 0 Å². The Labute approximate surface area is 82.3 Å². The summed E-state index contributed by atoms with van der Waals surface area (Å²) in [6, 6.07) is 5.15. The summed E-state index contributed by atoms with van der Waals surface area (Å²) >= 11 is 0. The zero-order valence-electron chi connectivity index (χ0n) is 7.77. The first-order valence-electron chi connectivity index (χ1n) is 4.67. The summed E-state index contributed by atoms with van der Waals surface area (Å²) in [4.78, 5) is 10.6. The van der Waals surface area contributed by atoms with E-state index in [0.29, 0.717) is 24.4 Å². The summed E-state index contributed by atoms with van der Waals surface area (Å²) < 4.78 is 5.26. The fraction of sp³-hybridized carbons (Fsp3) is 0.364. The molecule has 0 bridgehead atoms. The van der Waals surface area contributed by atoms with Gasteiger partial charge in [-0.3, -0.25) is 4.79 Å². The van der Waals surface area contributed by atoms with Crippen molar-refractivity contribution in [2.75, 3.05) is 13.2 Å². The second-order valence-corrected chi connectivity index (χ2v) is 3.50. The van der Waals surface area contributed by atoms with Gasteiger partial charge in [0.1, 0.15) is 5.75 Å². The zero-order valence-corrected chi connectivity index (χ0v) is 7.77. The number of carbonyl (C=O) groups excluding carboxylic acids is 1. The van der Waals surface area contributed by atoms with Crippen LogP contribution in [0.3, 0.4) is 0 Å².